The minimum Gasteiger partial charge on any atom is -0.482 e. The van der Waals surface area contributed by atoms with E-state index in [9.17, 15) is 4.79 Å². The first-order valence-electron chi connectivity index (χ1n) is 9.64. The lowest BCUT2D eigenvalue weighted by molar-refractivity contribution is -0.120. The summed E-state index contributed by atoms with van der Waals surface area (Å²) in [6.07, 6.45) is 0. The maximum Gasteiger partial charge on any atom is 0.266 e. The molecule has 1 aromatic heterocycles. The second-order valence-corrected chi connectivity index (χ2v) is 8.68. The number of ether oxygens (including phenoxy) is 2. The number of benzene rings is 2. The number of amides is 1. The summed E-state index contributed by atoms with van der Waals surface area (Å²) in [5.74, 6) is 0.250. The Morgan fingerprint density at radius 3 is 2.77 bits per heavy atom. The zero-order valence-corrected chi connectivity index (χ0v) is 18.6. The molecule has 30 heavy (non-hydrogen) atoms. The molecule has 0 aliphatic carbocycles. The van der Waals surface area contributed by atoms with E-state index in [-0.39, 0.29) is 12.5 Å². The Balaban J connectivity index is 1.49. The van der Waals surface area contributed by atoms with Gasteiger partial charge in [-0.25, -0.2) is 4.98 Å². The molecule has 1 amide bonds. The maximum atomic E-state index is 13.1. The first-order chi connectivity index (χ1) is 14.6. The predicted octanol–water partition coefficient (Wildman–Crippen LogP) is 4.35. The van der Waals surface area contributed by atoms with Gasteiger partial charge in [0.15, 0.2) is 11.7 Å². The van der Waals surface area contributed by atoms with Gasteiger partial charge in [-0.1, -0.05) is 46.7 Å². The third-order valence-electron chi connectivity index (χ3n) is 4.80. The summed E-state index contributed by atoms with van der Waals surface area (Å²) in [5.41, 5.74) is 0.878. The molecule has 0 bridgehead atoms. The Labute approximate surface area is 188 Å². The van der Waals surface area contributed by atoms with E-state index in [4.69, 9.17) is 32.7 Å². The summed E-state index contributed by atoms with van der Waals surface area (Å²) in [5, 5.41) is 1.55. The lowest BCUT2D eigenvalue weighted by Crippen LogP contribution is -2.44. The van der Waals surface area contributed by atoms with E-state index >= 15 is 0 Å². The molecule has 1 aliphatic heterocycles. The Morgan fingerprint density at radius 1 is 1.20 bits per heavy atom. The Bertz CT molecular complexity index is 991. The second kappa shape index (κ2) is 9.94. The highest BCUT2D eigenvalue weighted by molar-refractivity contribution is 7.22. The van der Waals surface area contributed by atoms with Crippen LogP contribution in [-0.2, 0) is 9.53 Å². The molecule has 1 saturated heterocycles. The predicted molar refractivity (Wildman–Crippen MR) is 121 cm³/mol. The molecule has 158 valence electrons. The molecule has 0 saturated carbocycles. The second-order valence-electron chi connectivity index (χ2n) is 6.83. The van der Waals surface area contributed by atoms with Gasteiger partial charge in [-0.15, -0.1) is 0 Å². The van der Waals surface area contributed by atoms with Crippen molar-refractivity contribution in [2.24, 2.45) is 0 Å². The van der Waals surface area contributed by atoms with Crippen LogP contribution in [0.15, 0.2) is 42.5 Å². The molecule has 6 nitrogen and oxygen atoms in total. The van der Waals surface area contributed by atoms with E-state index in [1.807, 2.05) is 24.3 Å². The maximum absolute atomic E-state index is 13.1. The van der Waals surface area contributed by atoms with E-state index in [0.717, 1.165) is 29.9 Å². The van der Waals surface area contributed by atoms with Crippen LogP contribution in [0.25, 0.3) is 10.2 Å². The lowest BCUT2D eigenvalue weighted by Gasteiger charge is -2.29. The van der Waals surface area contributed by atoms with Crippen LogP contribution >= 0.6 is 34.5 Å². The number of thiazole rings is 1. The fourth-order valence-electron chi connectivity index (χ4n) is 3.18. The summed E-state index contributed by atoms with van der Waals surface area (Å²) in [6, 6.07) is 12.8. The molecular formula is C21H21Cl2N3O3S. The van der Waals surface area contributed by atoms with Gasteiger partial charge >= 0.3 is 0 Å². The van der Waals surface area contributed by atoms with Gasteiger partial charge in [-0.05, 0) is 30.3 Å². The SMILES string of the molecule is O=C(COc1ccc(Cl)cc1Cl)N(CCN1CCOCC1)c1nc2ccccc2s1. The number of carbonyl (C=O) groups is 1. The molecule has 0 radical (unpaired) electrons. The molecule has 3 aromatic rings. The van der Waals surface area contributed by atoms with Gasteiger partial charge in [0.2, 0.25) is 0 Å². The van der Waals surface area contributed by atoms with Crippen LogP contribution in [0.1, 0.15) is 0 Å². The third kappa shape index (κ3) is 5.22. The first kappa shape index (κ1) is 21.3. The number of carbonyl (C=O) groups excluding carboxylic acids is 1. The van der Waals surface area contributed by atoms with Crippen molar-refractivity contribution in [2.45, 2.75) is 0 Å². The van der Waals surface area contributed by atoms with Gasteiger partial charge in [-0.3, -0.25) is 14.6 Å². The number of para-hydroxylation sites is 1. The van der Waals surface area contributed by atoms with Crippen molar-refractivity contribution >= 4 is 55.8 Å². The van der Waals surface area contributed by atoms with Gasteiger partial charge in [0.05, 0.1) is 28.5 Å². The third-order valence-corrected chi connectivity index (χ3v) is 6.39. The van der Waals surface area contributed by atoms with Gasteiger partial charge in [0.25, 0.3) is 5.91 Å². The summed E-state index contributed by atoms with van der Waals surface area (Å²) in [6.45, 7) is 4.28. The van der Waals surface area contributed by atoms with Crippen LogP contribution < -0.4 is 9.64 Å². The van der Waals surface area contributed by atoms with Gasteiger partial charge in [-0.2, -0.15) is 0 Å². The molecule has 1 aliphatic rings. The summed E-state index contributed by atoms with van der Waals surface area (Å²) in [7, 11) is 0. The molecule has 2 aromatic carbocycles. The number of rotatable bonds is 7. The van der Waals surface area contributed by atoms with E-state index in [1.54, 1.807) is 23.1 Å². The van der Waals surface area contributed by atoms with Crippen molar-refractivity contribution in [3.63, 3.8) is 0 Å². The summed E-state index contributed by atoms with van der Waals surface area (Å²) in [4.78, 5) is 21.7. The molecular weight excluding hydrogens is 445 g/mol. The zero-order valence-electron chi connectivity index (χ0n) is 16.2. The van der Waals surface area contributed by atoms with E-state index in [1.165, 1.54) is 11.3 Å². The number of halogens is 2. The Morgan fingerprint density at radius 2 is 2.00 bits per heavy atom. The molecule has 1 fully saturated rings. The molecule has 4 rings (SSSR count). The van der Waals surface area contributed by atoms with Crippen molar-refractivity contribution in [3.8, 4) is 5.75 Å². The molecule has 0 spiro atoms. The fourth-order valence-corrected chi connectivity index (χ4v) is 4.65. The zero-order chi connectivity index (χ0) is 20.9. The number of fused-ring (bicyclic) bond motifs is 1. The average Bonchev–Trinajstić information content (AvgIpc) is 3.18. The Kier molecular flexibility index (Phi) is 7.07. The normalized spacial score (nSPS) is 14.7. The molecule has 2 heterocycles. The molecule has 9 heteroatoms. The summed E-state index contributed by atoms with van der Waals surface area (Å²) >= 11 is 13.6. The van der Waals surface area contributed by atoms with Gasteiger partial charge in [0, 0.05) is 31.2 Å². The van der Waals surface area contributed by atoms with Crippen molar-refractivity contribution in [3.05, 3.63) is 52.5 Å². The first-order valence-corrected chi connectivity index (χ1v) is 11.2. The van der Waals surface area contributed by atoms with Crippen molar-refractivity contribution in [1.29, 1.82) is 0 Å². The van der Waals surface area contributed by atoms with E-state index in [0.29, 0.717) is 40.7 Å². The van der Waals surface area contributed by atoms with Crippen LogP contribution in [0, 0.1) is 0 Å². The minimum atomic E-state index is -0.173. The number of aromatic nitrogens is 1. The van der Waals surface area contributed by atoms with Crippen LogP contribution in [0.4, 0.5) is 5.13 Å². The number of hydrogen-bond acceptors (Lipinski definition) is 6. The van der Waals surface area contributed by atoms with Gasteiger partial charge in [0.1, 0.15) is 5.75 Å². The summed E-state index contributed by atoms with van der Waals surface area (Å²) < 4.78 is 12.1. The van der Waals surface area contributed by atoms with E-state index < -0.39 is 0 Å². The van der Waals surface area contributed by atoms with Crippen molar-refractivity contribution in [1.82, 2.24) is 9.88 Å². The smallest absolute Gasteiger partial charge is 0.266 e. The largest absolute Gasteiger partial charge is 0.482 e. The molecule has 0 N–H and O–H groups in total. The van der Waals surface area contributed by atoms with Crippen molar-refractivity contribution < 1.29 is 14.3 Å². The number of hydrogen-bond donors (Lipinski definition) is 0. The van der Waals surface area contributed by atoms with Crippen LogP contribution in [0.5, 0.6) is 5.75 Å². The minimum absolute atomic E-state index is 0.139. The highest BCUT2D eigenvalue weighted by atomic mass is 35.5. The van der Waals surface area contributed by atoms with Crippen LogP contribution in [-0.4, -0.2) is 61.8 Å². The fraction of sp³-hybridized carbons (Fsp3) is 0.333. The standard InChI is InChI=1S/C21H21Cl2N3O3S/c22-15-5-6-18(16(23)13-15)29-14-20(27)26(8-7-25-9-11-28-12-10-25)21-24-17-3-1-2-4-19(17)30-21/h1-6,13H,7-12,14H2. The number of morpholine rings is 1. The monoisotopic (exact) mass is 465 g/mol. The highest BCUT2D eigenvalue weighted by Gasteiger charge is 2.22. The van der Waals surface area contributed by atoms with E-state index in [2.05, 4.69) is 9.88 Å². The number of nitrogens with zero attached hydrogens (tertiary/aromatic N) is 3. The topological polar surface area (TPSA) is 54.9 Å². The number of anilines is 1. The highest BCUT2D eigenvalue weighted by Crippen LogP contribution is 2.30. The average molecular weight is 466 g/mol. The Hall–Kier alpha value is -1.90. The quantitative estimate of drug-likeness (QED) is 0.519. The lowest BCUT2D eigenvalue weighted by atomic mass is 10.3. The van der Waals surface area contributed by atoms with Crippen LogP contribution in [0.2, 0.25) is 10.0 Å². The molecule has 0 unspecified atom stereocenters. The van der Waals surface area contributed by atoms with Gasteiger partial charge < -0.3 is 9.47 Å². The van der Waals surface area contributed by atoms with Crippen molar-refractivity contribution in [2.75, 3.05) is 50.9 Å². The van der Waals surface area contributed by atoms with Crippen LogP contribution in [0.3, 0.4) is 0 Å². The molecule has 0 atom stereocenters.